The SMILES string of the molecule is CCCNC(=O)c1nn(CC)cc1NC(=O)c1ccco1. The summed E-state index contributed by atoms with van der Waals surface area (Å²) in [5, 5.41) is 9.57. The molecule has 0 fully saturated rings. The van der Waals surface area contributed by atoms with Crippen LogP contribution in [0.2, 0.25) is 0 Å². The van der Waals surface area contributed by atoms with E-state index in [2.05, 4.69) is 15.7 Å². The van der Waals surface area contributed by atoms with Gasteiger partial charge in [0.1, 0.15) is 0 Å². The van der Waals surface area contributed by atoms with Crippen LogP contribution in [-0.4, -0.2) is 28.1 Å². The second-order valence-corrected chi connectivity index (χ2v) is 4.43. The van der Waals surface area contributed by atoms with Crippen molar-refractivity contribution in [3.8, 4) is 0 Å². The van der Waals surface area contributed by atoms with Gasteiger partial charge in [0.15, 0.2) is 11.5 Å². The van der Waals surface area contributed by atoms with Gasteiger partial charge in [0.05, 0.1) is 12.0 Å². The fourth-order valence-electron chi connectivity index (χ4n) is 1.76. The summed E-state index contributed by atoms with van der Waals surface area (Å²) in [7, 11) is 0. The lowest BCUT2D eigenvalue weighted by atomic mass is 10.3. The van der Waals surface area contributed by atoms with E-state index < -0.39 is 5.91 Å². The van der Waals surface area contributed by atoms with Gasteiger partial charge in [-0.1, -0.05) is 6.92 Å². The minimum absolute atomic E-state index is 0.180. The predicted octanol–water partition coefficient (Wildman–Crippen LogP) is 1.89. The first-order valence-corrected chi connectivity index (χ1v) is 6.86. The van der Waals surface area contributed by atoms with Gasteiger partial charge < -0.3 is 15.1 Å². The molecule has 7 heteroatoms. The number of nitrogens with zero attached hydrogens (tertiary/aromatic N) is 2. The molecule has 0 atom stereocenters. The van der Waals surface area contributed by atoms with Crippen LogP contribution in [0.1, 0.15) is 41.3 Å². The molecule has 2 amide bonds. The van der Waals surface area contributed by atoms with Gasteiger partial charge in [0, 0.05) is 19.3 Å². The monoisotopic (exact) mass is 290 g/mol. The van der Waals surface area contributed by atoms with E-state index in [4.69, 9.17) is 4.42 Å². The summed E-state index contributed by atoms with van der Waals surface area (Å²) in [4.78, 5) is 24.0. The maximum Gasteiger partial charge on any atom is 0.291 e. The second kappa shape index (κ2) is 6.74. The summed E-state index contributed by atoms with van der Waals surface area (Å²) in [5.41, 5.74) is 0.567. The summed E-state index contributed by atoms with van der Waals surface area (Å²) < 4.78 is 6.62. The molecule has 2 N–H and O–H groups in total. The lowest BCUT2D eigenvalue weighted by Gasteiger charge is -2.04. The number of carbonyl (C=O) groups is 2. The van der Waals surface area contributed by atoms with Gasteiger partial charge in [-0.2, -0.15) is 5.10 Å². The van der Waals surface area contributed by atoms with Crippen molar-refractivity contribution in [2.75, 3.05) is 11.9 Å². The molecular weight excluding hydrogens is 272 g/mol. The maximum absolute atomic E-state index is 12.1. The third-order valence-electron chi connectivity index (χ3n) is 2.83. The van der Waals surface area contributed by atoms with Crippen LogP contribution in [0.5, 0.6) is 0 Å². The Morgan fingerprint density at radius 3 is 2.76 bits per heavy atom. The largest absolute Gasteiger partial charge is 0.459 e. The standard InChI is InChI=1S/C14H18N4O3/c1-3-7-15-14(20)12-10(9-18(4-2)17-12)16-13(19)11-6-5-8-21-11/h5-6,8-9H,3-4,7H2,1-2H3,(H,15,20)(H,16,19). The van der Waals surface area contributed by atoms with Gasteiger partial charge in [-0.3, -0.25) is 14.3 Å². The first-order chi connectivity index (χ1) is 10.2. The zero-order valence-electron chi connectivity index (χ0n) is 12.0. The Bertz CT molecular complexity index is 616. The molecule has 21 heavy (non-hydrogen) atoms. The lowest BCUT2D eigenvalue weighted by Crippen LogP contribution is -2.26. The van der Waals surface area contributed by atoms with Gasteiger partial charge >= 0.3 is 0 Å². The number of hydrogen-bond acceptors (Lipinski definition) is 4. The molecule has 0 radical (unpaired) electrons. The summed E-state index contributed by atoms with van der Waals surface area (Å²) in [5.74, 6) is -0.543. The molecule has 112 valence electrons. The number of anilines is 1. The number of hydrogen-bond donors (Lipinski definition) is 2. The Kier molecular flexibility index (Phi) is 4.76. The van der Waals surface area contributed by atoms with Crippen LogP contribution in [0.4, 0.5) is 5.69 Å². The van der Waals surface area contributed by atoms with Crippen molar-refractivity contribution in [1.82, 2.24) is 15.1 Å². The van der Waals surface area contributed by atoms with E-state index in [9.17, 15) is 9.59 Å². The Balaban J connectivity index is 2.19. The molecule has 0 spiro atoms. The number of furan rings is 1. The molecule has 0 saturated heterocycles. The molecule has 0 aliphatic carbocycles. The zero-order chi connectivity index (χ0) is 15.2. The predicted molar refractivity (Wildman–Crippen MR) is 77.2 cm³/mol. The van der Waals surface area contributed by atoms with Crippen molar-refractivity contribution in [2.24, 2.45) is 0 Å². The highest BCUT2D eigenvalue weighted by molar-refractivity contribution is 6.06. The van der Waals surface area contributed by atoms with E-state index in [1.807, 2.05) is 13.8 Å². The van der Waals surface area contributed by atoms with Crippen LogP contribution in [-0.2, 0) is 6.54 Å². The lowest BCUT2D eigenvalue weighted by molar-refractivity contribution is 0.0948. The van der Waals surface area contributed by atoms with Crippen LogP contribution in [0.3, 0.4) is 0 Å². The fourth-order valence-corrected chi connectivity index (χ4v) is 1.76. The minimum Gasteiger partial charge on any atom is -0.459 e. The highest BCUT2D eigenvalue weighted by Gasteiger charge is 2.19. The highest BCUT2D eigenvalue weighted by Crippen LogP contribution is 2.15. The number of rotatable bonds is 6. The number of carbonyl (C=O) groups excluding carboxylic acids is 2. The second-order valence-electron chi connectivity index (χ2n) is 4.43. The van der Waals surface area contributed by atoms with E-state index >= 15 is 0 Å². The topological polar surface area (TPSA) is 89.2 Å². The fraction of sp³-hybridized carbons (Fsp3) is 0.357. The van der Waals surface area contributed by atoms with Gasteiger partial charge in [0.2, 0.25) is 0 Å². The Hall–Kier alpha value is -2.57. The van der Waals surface area contributed by atoms with Crippen molar-refractivity contribution in [2.45, 2.75) is 26.8 Å². The average Bonchev–Trinajstić information content (AvgIpc) is 3.13. The number of aromatic nitrogens is 2. The van der Waals surface area contributed by atoms with E-state index in [-0.39, 0.29) is 17.4 Å². The zero-order valence-corrected chi connectivity index (χ0v) is 12.0. The molecular formula is C14H18N4O3. The first kappa shape index (κ1) is 14.8. The van der Waals surface area contributed by atoms with Crippen LogP contribution in [0, 0.1) is 0 Å². The average molecular weight is 290 g/mol. The van der Waals surface area contributed by atoms with Crippen LogP contribution >= 0.6 is 0 Å². The van der Waals surface area contributed by atoms with E-state index in [0.29, 0.717) is 18.8 Å². The van der Waals surface area contributed by atoms with Gasteiger partial charge in [0.25, 0.3) is 11.8 Å². The summed E-state index contributed by atoms with van der Waals surface area (Å²) in [6.45, 7) is 5.03. The van der Waals surface area contributed by atoms with Crippen molar-refractivity contribution < 1.29 is 14.0 Å². The molecule has 0 aromatic carbocycles. The van der Waals surface area contributed by atoms with E-state index in [0.717, 1.165) is 6.42 Å². The third-order valence-corrected chi connectivity index (χ3v) is 2.83. The summed E-state index contributed by atoms with van der Waals surface area (Å²) >= 11 is 0. The van der Waals surface area contributed by atoms with Gasteiger partial charge in [-0.15, -0.1) is 0 Å². The molecule has 2 aromatic rings. The van der Waals surface area contributed by atoms with Gasteiger partial charge in [-0.25, -0.2) is 0 Å². The molecule has 0 aliphatic heterocycles. The van der Waals surface area contributed by atoms with Crippen LogP contribution in [0.15, 0.2) is 29.0 Å². The number of nitrogens with one attached hydrogen (secondary N) is 2. The van der Waals surface area contributed by atoms with Crippen molar-refractivity contribution >= 4 is 17.5 Å². The molecule has 2 aromatic heterocycles. The molecule has 0 unspecified atom stereocenters. The van der Waals surface area contributed by atoms with E-state index in [1.165, 1.54) is 6.26 Å². The Morgan fingerprint density at radius 2 is 2.14 bits per heavy atom. The summed E-state index contributed by atoms with van der Waals surface area (Å²) in [6.07, 6.45) is 3.87. The maximum atomic E-state index is 12.1. The van der Waals surface area contributed by atoms with Crippen molar-refractivity contribution in [3.63, 3.8) is 0 Å². The van der Waals surface area contributed by atoms with Gasteiger partial charge in [-0.05, 0) is 25.5 Å². The van der Waals surface area contributed by atoms with Crippen LogP contribution in [0.25, 0.3) is 0 Å². The molecule has 2 rings (SSSR count). The van der Waals surface area contributed by atoms with Crippen molar-refractivity contribution in [3.05, 3.63) is 36.0 Å². The summed E-state index contributed by atoms with van der Waals surface area (Å²) in [6, 6.07) is 3.18. The Morgan fingerprint density at radius 1 is 1.33 bits per heavy atom. The molecule has 0 aliphatic rings. The quantitative estimate of drug-likeness (QED) is 0.850. The van der Waals surface area contributed by atoms with E-state index in [1.54, 1.807) is 23.0 Å². The Labute approximate surface area is 122 Å². The van der Waals surface area contributed by atoms with Crippen LogP contribution < -0.4 is 10.6 Å². The smallest absolute Gasteiger partial charge is 0.291 e. The first-order valence-electron chi connectivity index (χ1n) is 6.86. The number of aryl methyl sites for hydroxylation is 1. The highest BCUT2D eigenvalue weighted by atomic mass is 16.3. The minimum atomic E-state index is -0.416. The molecule has 0 bridgehead atoms. The third kappa shape index (κ3) is 3.50. The molecule has 7 nitrogen and oxygen atoms in total. The molecule has 2 heterocycles. The molecule has 0 saturated carbocycles. The number of amides is 2. The normalized spacial score (nSPS) is 10.4. The van der Waals surface area contributed by atoms with Crippen molar-refractivity contribution in [1.29, 1.82) is 0 Å².